The zero-order chi connectivity index (χ0) is 21.5. The summed E-state index contributed by atoms with van der Waals surface area (Å²) in [5.74, 6) is 0.867. The van der Waals surface area contributed by atoms with Gasteiger partial charge in [-0.3, -0.25) is 9.91 Å². The van der Waals surface area contributed by atoms with Gasteiger partial charge in [-0.15, -0.1) is 0 Å². The van der Waals surface area contributed by atoms with Crippen LogP contribution in [0, 0.1) is 13.8 Å². The standard InChI is InChI=1S/C27H31N3O/c1-22-11-12-26(23(2)17-22)20-29-13-15-30(16-14-29)28-19-25-9-6-10-27(18-25)31-21-24-7-4-3-5-8-24/h3-12,17-19H,13-16,20-21H2,1-2H3/b28-19-. The van der Waals surface area contributed by atoms with Gasteiger partial charge in [0.15, 0.2) is 0 Å². The fourth-order valence-corrected chi connectivity index (χ4v) is 3.85. The zero-order valence-electron chi connectivity index (χ0n) is 18.5. The van der Waals surface area contributed by atoms with Crippen molar-refractivity contribution in [2.75, 3.05) is 26.2 Å². The van der Waals surface area contributed by atoms with Crippen LogP contribution < -0.4 is 4.74 Å². The number of aryl methyl sites for hydroxylation is 2. The van der Waals surface area contributed by atoms with E-state index in [1.54, 1.807) is 0 Å². The van der Waals surface area contributed by atoms with Crippen molar-refractivity contribution in [2.45, 2.75) is 27.0 Å². The molecule has 0 N–H and O–H groups in total. The van der Waals surface area contributed by atoms with Crippen LogP contribution in [0.1, 0.15) is 27.8 Å². The normalized spacial score (nSPS) is 14.8. The second-order valence-corrected chi connectivity index (χ2v) is 8.25. The summed E-state index contributed by atoms with van der Waals surface area (Å²) in [5, 5.41) is 6.87. The summed E-state index contributed by atoms with van der Waals surface area (Å²) < 4.78 is 5.93. The number of hydrogen-bond donors (Lipinski definition) is 0. The van der Waals surface area contributed by atoms with E-state index in [2.05, 4.69) is 60.2 Å². The summed E-state index contributed by atoms with van der Waals surface area (Å²) in [4.78, 5) is 2.52. The highest BCUT2D eigenvalue weighted by molar-refractivity contribution is 5.79. The van der Waals surface area contributed by atoms with E-state index in [1.165, 1.54) is 22.3 Å². The largest absolute Gasteiger partial charge is 0.489 e. The Labute approximate surface area is 185 Å². The van der Waals surface area contributed by atoms with Gasteiger partial charge in [-0.05, 0) is 48.2 Å². The van der Waals surface area contributed by atoms with Crippen LogP contribution in [0.4, 0.5) is 0 Å². The van der Waals surface area contributed by atoms with Gasteiger partial charge in [-0.2, -0.15) is 5.10 Å². The van der Waals surface area contributed by atoms with Crippen LogP contribution >= 0.6 is 0 Å². The van der Waals surface area contributed by atoms with Crippen molar-refractivity contribution >= 4 is 6.21 Å². The molecule has 0 saturated carbocycles. The van der Waals surface area contributed by atoms with Crippen LogP contribution in [0.15, 0.2) is 77.9 Å². The minimum Gasteiger partial charge on any atom is -0.489 e. The highest BCUT2D eigenvalue weighted by Crippen LogP contribution is 2.16. The fourth-order valence-electron chi connectivity index (χ4n) is 3.85. The first-order valence-corrected chi connectivity index (χ1v) is 11.0. The molecule has 4 rings (SSSR count). The van der Waals surface area contributed by atoms with Crippen molar-refractivity contribution in [3.05, 3.63) is 101 Å². The summed E-state index contributed by atoms with van der Waals surface area (Å²) in [7, 11) is 0. The van der Waals surface area contributed by atoms with Gasteiger partial charge in [-0.1, -0.05) is 66.2 Å². The van der Waals surface area contributed by atoms with Gasteiger partial charge in [0, 0.05) is 32.7 Å². The van der Waals surface area contributed by atoms with E-state index in [1.807, 2.05) is 42.6 Å². The highest BCUT2D eigenvalue weighted by Gasteiger charge is 2.16. The third-order valence-electron chi connectivity index (χ3n) is 5.72. The molecule has 1 aliphatic heterocycles. The SMILES string of the molecule is Cc1ccc(CN2CCN(/N=C\c3cccc(OCc4ccccc4)c3)CC2)c(C)c1. The fraction of sp³-hybridized carbons (Fsp3) is 0.296. The van der Waals surface area contributed by atoms with Gasteiger partial charge in [-0.25, -0.2) is 0 Å². The molecule has 4 nitrogen and oxygen atoms in total. The minimum atomic E-state index is 0.573. The minimum absolute atomic E-state index is 0.573. The van der Waals surface area contributed by atoms with E-state index in [-0.39, 0.29) is 0 Å². The van der Waals surface area contributed by atoms with E-state index in [9.17, 15) is 0 Å². The molecule has 0 aromatic heterocycles. The maximum Gasteiger partial charge on any atom is 0.120 e. The number of hydrogen-bond acceptors (Lipinski definition) is 4. The quantitative estimate of drug-likeness (QED) is 0.508. The third-order valence-corrected chi connectivity index (χ3v) is 5.72. The van der Waals surface area contributed by atoms with Crippen molar-refractivity contribution in [1.29, 1.82) is 0 Å². The topological polar surface area (TPSA) is 28.1 Å². The monoisotopic (exact) mass is 413 g/mol. The molecule has 4 heteroatoms. The molecular weight excluding hydrogens is 382 g/mol. The van der Waals surface area contributed by atoms with Crippen molar-refractivity contribution in [1.82, 2.24) is 9.91 Å². The average Bonchev–Trinajstić information content (AvgIpc) is 2.80. The Kier molecular flexibility index (Phi) is 7.00. The van der Waals surface area contributed by atoms with Crippen molar-refractivity contribution < 1.29 is 4.74 Å². The van der Waals surface area contributed by atoms with E-state index >= 15 is 0 Å². The van der Waals surface area contributed by atoms with Gasteiger partial charge in [0.2, 0.25) is 0 Å². The smallest absolute Gasteiger partial charge is 0.120 e. The summed E-state index contributed by atoms with van der Waals surface area (Å²) in [6, 6.07) is 25.1. The Bertz CT molecular complexity index is 1010. The number of piperazine rings is 1. The predicted molar refractivity (Wildman–Crippen MR) is 128 cm³/mol. The molecule has 0 unspecified atom stereocenters. The Morgan fingerprint density at radius 3 is 2.45 bits per heavy atom. The molecule has 3 aromatic carbocycles. The molecule has 1 saturated heterocycles. The molecule has 1 heterocycles. The summed E-state index contributed by atoms with van der Waals surface area (Å²) in [6.45, 7) is 9.92. The Morgan fingerprint density at radius 1 is 0.871 bits per heavy atom. The summed E-state index contributed by atoms with van der Waals surface area (Å²) >= 11 is 0. The van der Waals surface area contributed by atoms with Crippen LogP contribution in [0.3, 0.4) is 0 Å². The first-order valence-electron chi connectivity index (χ1n) is 11.0. The molecule has 160 valence electrons. The Morgan fingerprint density at radius 2 is 1.68 bits per heavy atom. The Balaban J connectivity index is 1.27. The molecule has 1 aliphatic rings. The summed E-state index contributed by atoms with van der Waals surface area (Å²) in [5.41, 5.74) is 6.36. The van der Waals surface area contributed by atoms with Gasteiger partial charge in [0.05, 0.1) is 6.21 Å². The lowest BCUT2D eigenvalue weighted by Crippen LogP contribution is -2.43. The van der Waals surface area contributed by atoms with Gasteiger partial charge >= 0.3 is 0 Å². The van der Waals surface area contributed by atoms with E-state index in [0.717, 1.165) is 44.0 Å². The number of benzene rings is 3. The van der Waals surface area contributed by atoms with E-state index < -0.39 is 0 Å². The van der Waals surface area contributed by atoms with Gasteiger partial charge < -0.3 is 4.74 Å². The lowest BCUT2D eigenvalue weighted by Gasteiger charge is -2.33. The molecule has 0 spiro atoms. The van der Waals surface area contributed by atoms with Crippen LogP contribution in [0.5, 0.6) is 5.75 Å². The van der Waals surface area contributed by atoms with Crippen LogP contribution in [-0.2, 0) is 13.2 Å². The van der Waals surface area contributed by atoms with Crippen LogP contribution in [0.2, 0.25) is 0 Å². The second-order valence-electron chi connectivity index (χ2n) is 8.25. The first-order chi connectivity index (χ1) is 15.2. The molecule has 3 aromatic rings. The molecule has 0 amide bonds. The maximum absolute atomic E-state index is 5.93. The van der Waals surface area contributed by atoms with E-state index in [0.29, 0.717) is 6.61 Å². The third kappa shape index (κ3) is 6.19. The summed E-state index contributed by atoms with van der Waals surface area (Å²) in [6.07, 6.45) is 1.94. The second kappa shape index (κ2) is 10.3. The molecule has 1 fully saturated rings. The van der Waals surface area contributed by atoms with Crippen molar-refractivity contribution in [2.24, 2.45) is 5.10 Å². The molecule has 0 radical (unpaired) electrons. The van der Waals surface area contributed by atoms with Gasteiger partial charge in [0.25, 0.3) is 0 Å². The van der Waals surface area contributed by atoms with Crippen LogP contribution in [-0.4, -0.2) is 42.3 Å². The average molecular weight is 414 g/mol. The molecule has 31 heavy (non-hydrogen) atoms. The molecule has 0 aliphatic carbocycles. The van der Waals surface area contributed by atoms with Crippen molar-refractivity contribution in [3.63, 3.8) is 0 Å². The maximum atomic E-state index is 5.93. The number of nitrogens with zero attached hydrogens (tertiary/aromatic N) is 3. The van der Waals surface area contributed by atoms with Gasteiger partial charge in [0.1, 0.15) is 12.4 Å². The van der Waals surface area contributed by atoms with E-state index in [4.69, 9.17) is 9.84 Å². The molecule has 0 atom stereocenters. The number of hydrazone groups is 1. The highest BCUT2D eigenvalue weighted by atomic mass is 16.5. The predicted octanol–water partition coefficient (Wildman–Crippen LogP) is 5.03. The first kappa shape index (κ1) is 21.1. The Hall–Kier alpha value is -3.11. The lowest BCUT2D eigenvalue weighted by atomic mass is 10.1. The number of rotatable bonds is 7. The van der Waals surface area contributed by atoms with Crippen molar-refractivity contribution in [3.8, 4) is 5.75 Å². The zero-order valence-corrected chi connectivity index (χ0v) is 18.5. The lowest BCUT2D eigenvalue weighted by molar-refractivity contribution is 0.131. The molecular formula is C27H31N3O. The number of ether oxygens (including phenoxy) is 1. The molecule has 0 bridgehead atoms. The van der Waals surface area contributed by atoms with Crippen LogP contribution in [0.25, 0.3) is 0 Å².